The van der Waals surface area contributed by atoms with Gasteiger partial charge in [-0.15, -0.1) is 0 Å². The number of carbonyl (C=O) groups is 2. The number of aliphatic hydroxyl groups excluding tert-OH is 1. The molecular weight excluding hydrogens is 394 g/mol. The quantitative estimate of drug-likeness (QED) is 0.432. The predicted octanol–water partition coefficient (Wildman–Crippen LogP) is 0.698. The van der Waals surface area contributed by atoms with Gasteiger partial charge in [0, 0.05) is 13.0 Å². The van der Waals surface area contributed by atoms with Crippen molar-refractivity contribution in [3.05, 3.63) is 41.5 Å². The van der Waals surface area contributed by atoms with E-state index in [9.17, 15) is 24.9 Å². The van der Waals surface area contributed by atoms with Crippen molar-refractivity contribution in [3.8, 4) is 5.75 Å². The third-order valence-electron chi connectivity index (χ3n) is 5.05. The van der Waals surface area contributed by atoms with Crippen molar-refractivity contribution in [3.63, 3.8) is 0 Å². The summed E-state index contributed by atoms with van der Waals surface area (Å²) >= 11 is 0. The molecule has 11 heteroatoms. The fourth-order valence-electron chi connectivity index (χ4n) is 3.31. The van der Waals surface area contributed by atoms with E-state index in [1.54, 1.807) is 12.1 Å². The minimum atomic E-state index is -1.05. The van der Waals surface area contributed by atoms with Crippen LogP contribution in [0.25, 0.3) is 0 Å². The van der Waals surface area contributed by atoms with Gasteiger partial charge in [0.15, 0.2) is 5.82 Å². The number of carbonyl (C=O) groups excluding carboxylic acids is 1. The number of rotatable bonds is 7. The van der Waals surface area contributed by atoms with Crippen LogP contribution in [0.4, 0.5) is 4.79 Å². The van der Waals surface area contributed by atoms with Crippen molar-refractivity contribution in [2.45, 2.75) is 50.4 Å². The molecular formula is C19H25N5O6. The molecule has 0 bridgehead atoms. The van der Waals surface area contributed by atoms with Crippen molar-refractivity contribution in [1.29, 1.82) is 0 Å². The van der Waals surface area contributed by atoms with Crippen molar-refractivity contribution in [2.75, 3.05) is 6.54 Å². The molecule has 30 heavy (non-hydrogen) atoms. The summed E-state index contributed by atoms with van der Waals surface area (Å²) in [6, 6.07) is 3.33. The highest BCUT2D eigenvalue weighted by molar-refractivity contribution is 5.83. The Labute approximate surface area is 172 Å². The lowest BCUT2D eigenvalue weighted by Crippen LogP contribution is -2.47. The number of hydrogen-bond acceptors (Lipinski definition) is 8. The van der Waals surface area contributed by atoms with Crippen LogP contribution >= 0.6 is 0 Å². The van der Waals surface area contributed by atoms with E-state index in [0.29, 0.717) is 19.4 Å². The van der Waals surface area contributed by atoms with E-state index < -0.39 is 36.2 Å². The Morgan fingerprint density at radius 1 is 1.37 bits per heavy atom. The SMILES string of the molecule is C[C@@H](O)[C@H](N)c1noc([C@H](Cc2ccc(O)cc2)NC(=O)N2CCC[C@H]2C(=O)O)n1. The van der Waals surface area contributed by atoms with Crippen LogP contribution in [0, 0.1) is 0 Å². The Hall–Kier alpha value is -3.18. The highest BCUT2D eigenvalue weighted by Gasteiger charge is 2.35. The molecule has 2 amide bonds. The lowest BCUT2D eigenvalue weighted by molar-refractivity contribution is -0.141. The monoisotopic (exact) mass is 419 g/mol. The molecule has 162 valence electrons. The summed E-state index contributed by atoms with van der Waals surface area (Å²) in [5, 5.41) is 35.0. The zero-order valence-electron chi connectivity index (χ0n) is 16.4. The maximum Gasteiger partial charge on any atom is 0.326 e. The summed E-state index contributed by atoms with van der Waals surface area (Å²) in [5.41, 5.74) is 6.62. The number of nitrogens with two attached hydrogens (primary N) is 1. The van der Waals surface area contributed by atoms with Crippen LogP contribution in [-0.4, -0.2) is 61.1 Å². The summed E-state index contributed by atoms with van der Waals surface area (Å²) in [6.45, 7) is 1.83. The third-order valence-corrected chi connectivity index (χ3v) is 5.05. The molecule has 11 nitrogen and oxygen atoms in total. The first-order valence-corrected chi connectivity index (χ1v) is 9.61. The Balaban J connectivity index is 1.83. The number of aliphatic carboxylic acids is 1. The number of phenols is 1. The number of amides is 2. The summed E-state index contributed by atoms with van der Waals surface area (Å²) in [5.74, 6) is -0.785. The van der Waals surface area contributed by atoms with E-state index in [-0.39, 0.29) is 23.9 Å². The van der Waals surface area contributed by atoms with Gasteiger partial charge >= 0.3 is 12.0 Å². The number of aromatic nitrogens is 2. The van der Waals surface area contributed by atoms with E-state index >= 15 is 0 Å². The summed E-state index contributed by atoms with van der Waals surface area (Å²) in [6.07, 6.45) is 0.338. The van der Waals surface area contributed by atoms with Crippen LogP contribution in [0.1, 0.15) is 49.1 Å². The molecule has 1 saturated heterocycles. The maximum absolute atomic E-state index is 12.8. The molecule has 1 aromatic carbocycles. The smallest absolute Gasteiger partial charge is 0.326 e. The number of benzene rings is 1. The van der Waals surface area contributed by atoms with Gasteiger partial charge in [-0.1, -0.05) is 17.3 Å². The Bertz CT molecular complexity index is 884. The van der Waals surface area contributed by atoms with Gasteiger partial charge in [0.25, 0.3) is 0 Å². The standard InChI is InChI=1S/C19H25N5O6/c1-10(25)15(20)16-22-17(30-23-16)13(9-11-4-6-12(26)7-5-11)21-19(29)24-8-2-3-14(24)18(27)28/h4-7,10,13-15,25-26H,2-3,8-9,20H2,1H3,(H,21,29)(H,27,28)/t10-,13+,14+,15+/m1/s1. The van der Waals surface area contributed by atoms with E-state index in [4.69, 9.17) is 10.3 Å². The van der Waals surface area contributed by atoms with E-state index in [1.807, 2.05) is 0 Å². The summed E-state index contributed by atoms with van der Waals surface area (Å²) in [7, 11) is 0. The first kappa shape index (κ1) is 21.5. The first-order chi connectivity index (χ1) is 14.3. The second-order valence-electron chi connectivity index (χ2n) is 7.32. The molecule has 1 aromatic heterocycles. The van der Waals surface area contributed by atoms with Crippen molar-refractivity contribution >= 4 is 12.0 Å². The maximum atomic E-state index is 12.8. The van der Waals surface area contributed by atoms with Crippen LogP contribution in [0.5, 0.6) is 5.75 Å². The predicted molar refractivity (Wildman–Crippen MR) is 103 cm³/mol. The molecule has 1 fully saturated rings. The lowest BCUT2D eigenvalue weighted by atomic mass is 10.1. The third kappa shape index (κ3) is 4.86. The van der Waals surface area contributed by atoms with Gasteiger partial charge in [0.2, 0.25) is 5.89 Å². The molecule has 0 radical (unpaired) electrons. The lowest BCUT2D eigenvalue weighted by Gasteiger charge is -2.24. The fraction of sp³-hybridized carbons (Fsp3) is 0.474. The molecule has 0 aliphatic carbocycles. The van der Waals surface area contributed by atoms with Crippen molar-refractivity contribution < 1.29 is 29.4 Å². The van der Waals surface area contributed by atoms with Gasteiger partial charge in [-0.2, -0.15) is 4.98 Å². The van der Waals surface area contributed by atoms with Crippen molar-refractivity contribution in [1.82, 2.24) is 20.4 Å². The van der Waals surface area contributed by atoms with Crippen molar-refractivity contribution in [2.24, 2.45) is 5.73 Å². The fourth-order valence-corrected chi connectivity index (χ4v) is 3.31. The molecule has 0 unspecified atom stereocenters. The number of nitrogens with one attached hydrogen (secondary N) is 1. The Morgan fingerprint density at radius 2 is 2.07 bits per heavy atom. The second-order valence-corrected chi connectivity index (χ2v) is 7.32. The number of aliphatic hydroxyl groups is 1. The number of aromatic hydroxyl groups is 1. The van der Waals surface area contributed by atoms with Crippen LogP contribution in [0.3, 0.4) is 0 Å². The van der Waals surface area contributed by atoms with Gasteiger partial charge < -0.3 is 35.8 Å². The average Bonchev–Trinajstić information content (AvgIpc) is 3.38. The van der Waals surface area contributed by atoms with Crippen LogP contribution in [0.2, 0.25) is 0 Å². The van der Waals surface area contributed by atoms with Crippen LogP contribution < -0.4 is 11.1 Å². The molecule has 3 rings (SSSR count). The van der Waals surface area contributed by atoms with Gasteiger partial charge in [0.05, 0.1) is 12.1 Å². The largest absolute Gasteiger partial charge is 0.508 e. The molecule has 6 N–H and O–H groups in total. The van der Waals surface area contributed by atoms with Gasteiger partial charge in [-0.25, -0.2) is 9.59 Å². The Morgan fingerprint density at radius 3 is 2.70 bits per heavy atom. The number of hydrogen-bond donors (Lipinski definition) is 5. The number of urea groups is 1. The second kappa shape index (κ2) is 9.09. The Kier molecular flexibility index (Phi) is 6.53. The van der Waals surface area contributed by atoms with Gasteiger partial charge in [0.1, 0.15) is 17.8 Å². The van der Waals surface area contributed by atoms with Gasteiger partial charge in [-0.05, 0) is 37.5 Å². The molecule has 1 aliphatic heterocycles. The van der Waals surface area contributed by atoms with Gasteiger partial charge in [-0.3, -0.25) is 0 Å². The highest BCUT2D eigenvalue weighted by Crippen LogP contribution is 2.23. The normalized spacial score (nSPS) is 19.3. The minimum absolute atomic E-state index is 0.0774. The topological polar surface area (TPSA) is 175 Å². The number of likely N-dealkylation sites (tertiary alicyclic amines) is 1. The number of nitrogens with zero attached hydrogens (tertiary/aromatic N) is 3. The number of carboxylic acids is 1. The number of phenolic OH excluding ortho intramolecular Hbond substituents is 1. The highest BCUT2D eigenvalue weighted by atomic mass is 16.5. The zero-order chi connectivity index (χ0) is 21.8. The molecule has 4 atom stereocenters. The van der Waals surface area contributed by atoms with E-state index in [1.165, 1.54) is 24.0 Å². The summed E-state index contributed by atoms with van der Waals surface area (Å²) < 4.78 is 5.28. The molecule has 2 heterocycles. The van der Waals surface area contributed by atoms with E-state index in [0.717, 1.165) is 5.56 Å². The first-order valence-electron chi connectivity index (χ1n) is 9.61. The minimum Gasteiger partial charge on any atom is -0.508 e. The van der Waals surface area contributed by atoms with Crippen LogP contribution in [-0.2, 0) is 11.2 Å². The molecule has 2 aromatic rings. The van der Waals surface area contributed by atoms with E-state index in [2.05, 4.69) is 15.5 Å². The summed E-state index contributed by atoms with van der Waals surface area (Å²) in [4.78, 5) is 29.7. The van der Waals surface area contributed by atoms with Crippen LogP contribution in [0.15, 0.2) is 28.8 Å². The molecule has 1 aliphatic rings. The zero-order valence-corrected chi connectivity index (χ0v) is 16.4. The molecule has 0 spiro atoms. The average molecular weight is 419 g/mol. The molecule has 0 saturated carbocycles. The number of carboxylic acid groups (broad SMARTS) is 1.